The van der Waals surface area contributed by atoms with Crippen molar-refractivity contribution in [3.8, 4) is 5.75 Å². The van der Waals surface area contributed by atoms with Gasteiger partial charge >= 0.3 is 0 Å². The number of anilines is 1. The second-order valence-corrected chi connectivity index (χ2v) is 10.3. The van der Waals surface area contributed by atoms with Crippen LogP contribution >= 0.6 is 0 Å². The average Bonchev–Trinajstić information content (AvgIpc) is 2.85. The van der Waals surface area contributed by atoms with Gasteiger partial charge in [-0.15, -0.1) is 0 Å². The van der Waals surface area contributed by atoms with E-state index in [-0.39, 0.29) is 12.5 Å². The number of piperidine rings is 1. The minimum Gasteiger partial charge on any atom is -0.497 e. The summed E-state index contributed by atoms with van der Waals surface area (Å²) in [5.74, 6) is 1.28. The molecule has 0 aliphatic carbocycles. The van der Waals surface area contributed by atoms with Crippen LogP contribution in [0.4, 0.5) is 5.69 Å². The van der Waals surface area contributed by atoms with Gasteiger partial charge in [0.15, 0.2) is 0 Å². The Hall–Kier alpha value is -2.49. The lowest BCUT2D eigenvalue weighted by molar-refractivity contribution is -0.120. The number of nitrogens with zero attached hydrogens (tertiary/aromatic N) is 3. The van der Waals surface area contributed by atoms with E-state index < -0.39 is 11.0 Å². The number of aromatic nitrogens is 1. The molecule has 8 nitrogen and oxygen atoms in total. The molecule has 1 aliphatic heterocycles. The smallest absolute Gasteiger partial charge is 0.233 e. The first kappa shape index (κ1) is 26.1. The Balaban J connectivity index is 1.32. The minimum absolute atomic E-state index is 0.00202. The molecule has 186 valence electrons. The fraction of sp³-hybridized carbons (Fsp3) is 0.520. The van der Waals surface area contributed by atoms with Crippen molar-refractivity contribution in [2.45, 2.75) is 31.6 Å². The minimum atomic E-state index is -1.27. The van der Waals surface area contributed by atoms with Crippen molar-refractivity contribution in [2.24, 2.45) is 5.92 Å². The monoisotopic (exact) mass is 487 g/mol. The molecule has 3 rings (SSSR count). The standard InChI is InChI=1S/C25H37N5O3S/c1-19-15-23(33-4)16-20(2)25(19)34(32)29(3)14-11-27-18-24(31)28-17-21-7-12-30(13-8-21)22-5-9-26-10-6-22/h5-6,9-10,15-16,21,27H,7-8,11-14,17-18H2,1-4H3,(H,28,31). The Bertz CT molecular complexity index is 941. The van der Waals surface area contributed by atoms with Gasteiger partial charge in [0, 0.05) is 57.9 Å². The molecule has 1 amide bonds. The largest absolute Gasteiger partial charge is 0.497 e. The predicted molar refractivity (Wildman–Crippen MR) is 137 cm³/mol. The Morgan fingerprint density at radius 1 is 1.21 bits per heavy atom. The van der Waals surface area contributed by atoms with Crippen LogP contribution in [0.2, 0.25) is 0 Å². The summed E-state index contributed by atoms with van der Waals surface area (Å²) in [7, 11) is 2.19. The molecule has 1 atom stereocenters. The average molecular weight is 488 g/mol. The first-order chi connectivity index (χ1) is 16.4. The van der Waals surface area contributed by atoms with Crippen molar-refractivity contribution >= 4 is 22.6 Å². The second-order valence-electron chi connectivity index (χ2n) is 8.81. The number of rotatable bonds is 11. The van der Waals surface area contributed by atoms with Gasteiger partial charge in [0.05, 0.1) is 18.6 Å². The van der Waals surface area contributed by atoms with Crippen LogP contribution in [0, 0.1) is 19.8 Å². The predicted octanol–water partition coefficient (Wildman–Crippen LogP) is 2.28. The molecule has 0 bridgehead atoms. The second kappa shape index (κ2) is 12.8. The van der Waals surface area contributed by atoms with Gasteiger partial charge in [-0.2, -0.15) is 0 Å². The Morgan fingerprint density at radius 2 is 1.85 bits per heavy atom. The normalized spacial score (nSPS) is 15.4. The maximum Gasteiger partial charge on any atom is 0.233 e. The van der Waals surface area contributed by atoms with E-state index in [4.69, 9.17) is 4.74 Å². The van der Waals surface area contributed by atoms with Crippen LogP contribution in [-0.4, -0.2) is 72.8 Å². The van der Waals surface area contributed by atoms with Gasteiger partial charge in [-0.1, -0.05) is 0 Å². The van der Waals surface area contributed by atoms with Crippen molar-refractivity contribution in [1.82, 2.24) is 19.9 Å². The summed E-state index contributed by atoms with van der Waals surface area (Å²) in [5.41, 5.74) is 3.10. The number of amides is 1. The van der Waals surface area contributed by atoms with Crippen molar-refractivity contribution in [1.29, 1.82) is 0 Å². The van der Waals surface area contributed by atoms with E-state index >= 15 is 0 Å². The van der Waals surface area contributed by atoms with Gasteiger partial charge in [0.1, 0.15) is 16.7 Å². The Kier molecular flexibility index (Phi) is 9.86. The van der Waals surface area contributed by atoms with Crippen LogP contribution < -0.4 is 20.3 Å². The third kappa shape index (κ3) is 7.25. The van der Waals surface area contributed by atoms with E-state index in [1.165, 1.54) is 5.69 Å². The van der Waals surface area contributed by atoms with Gasteiger partial charge in [-0.25, -0.2) is 8.51 Å². The summed E-state index contributed by atoms with van der Waals surface area (Å²) < 4.78 is 20.1. The number of benzene rings is 1. The molecule has 0 saturated carbocycles. The van der Waals surface area contributed by atoms with Crippen molar-refractivity contribution in [3.05, 3.63) is 47.8 Å². The summed E-state index contributed by atoms with van der Waals surface area (Å²) in [6.45, 7) is 8.01. The molecule has 0 spiro atoms. The SMILES string of the molecule is COc1cc(C)c(S(=O)N(C)CCNCC(=O)NCC2CCN(c3ccncc3)CC2)c(C)c1. The lowest BCUT2D eigenvalue weighted by atomic mass is 9.96. The highest BCUT2D eigenvalue weighted by Gasteiger charge is 2.20. The molecule has 0 radical (unpaired) electrons. The number of aryl methyl sites for hydroxylation is 2. The first-order valence-electron chi connectivity index (χ1n) is 11.8. The summed E-state index contributed by atoms with van der Waals surface area (Å²) in [4.78, 5) is 19.5. The Labute approximate surface area is 205 Å². The number of nitrogens with one attached hydrogen (secondary N) is 2. The summed E-state index contributed by atoms with van der Waals surface area (Å²) in [6.07, 6.45) is 5.78. The van der Waals surface area contributed by atoms with Gasteiger partial charge < -0.3 is 20.3 Å². The lowest BCUT2D eigenvalue weighted by Crippen LogP contribution is -2.42. The number of methoxy groups -OCH3 is 1. The maximum atomic E-state index is 13.0. The van der Waals surface area contributed by atoms with E-state index in [9.17, 15) is 9.00 Å². The van der Waals surface area contributed by atoms with E-state index in [0.29, 0.717) is 25.6 Å². The van der Waals surface area contributed by atoms with Crippen molar-refractivity contribution in [3.63, 3.8) is 0 Å². The number of pyridine rings is 1. The summed E-state index contributed by atoms with van der Waals surface area (Å²) in [5, 5.41) is 6.22. The van der Waals surface area contributed by atoms with Crippen LogP contribution in [-0.2, 0) is 15.8 Å². The molecule has 2 heterocycles. The quantitative estimate of drug-likeness (QED) is 0.473. The molecule has 1 aliphatic rings. The molecular weight excluding hydrogens is 450 g/mol. The fourth-order valence-corrected chi connectivity index (χ4v) is 5.49. The highest BCUT2D eigenvalue weighted by Crippen LogP contribution is 2.25. The molecule has 9 heteroatoms. The lowest BCUT2D eigenvalue weighted by Gasteiger charge is -2.33. The molecule has 1 aromatic heterocycles. The molecule has 2 N–H and O–H groups in total. The van der Waals surface area contributed by atoms with Crippen LogP contribution in [0.5, 0.6) is 5.75 Å². The van der Waals surface area contributed by atoms with Gasteiger partial charge in [-0.05, 0) is 68.0 Å². The van der Waals surface area contributed by atoms with Crippen LogP contribution in [0.25, 0.3) is 0 Å². The molecular formula is C25H37N5O3S. The van der Waals surface area contributed by atoms with E-state index in [1.807, 2.05) is 57.6 Å². The zero-order valence-corrected chi connectivity index (χ0v) is 21.5. The van der Waals surface area contributed by atoms with Crippen LogP contribution in [0.1, 0.15) is 24.0 Å². The molecule has 1 fully saturated rings. The van der Waals surface area contributed by atoms with Crippen LogP contribution in [0.3, 0.4) is 0 Å². The van der Waals surface area contributed by atoms with Gasteiger partial charge in [-0.3, -0.25) is 9.78 Å². The summed E-state index contributed by atoms with van der Waals surface area (Å²) >= 11 is 0. The summed E-state index contributed by atoms with van der Waals surface area (Å²) in [6, 6.07) is 7.89. The number of likely N-dealkylation sites (N-methyl/N-ethyl adjacent to an activating group) is 1. The molecule has 2 aromatic rings. The third-order valence-corrected chi connectivity index (χ3v) is 7.99. The number of carbonyl (C=O) groups is 1. The van der Waals surface area contributed by atoms with Crippen molar-refractivity contribution in [2.75, 3.05) is 58.3 Å². The topological polar surface area (TPSA) is 86.8 Å². The van der Waals surface area contributed by atoms with E-state index in [1.54, 1.807) is 11.4 Å². The first-order valence-corrected chi connectivity index (χ1v) is 12.9. The highest BCUT2D eigenvalue weighted by molar-refractivity contribution is 7.82. The van der Waals surface area contributed by atoms with E-state index in [2.05, 4.69) is 20.5 Å². The molecule has 1 saturated heterocycles. The number of ether oxygens (including phenoxy) is 1. The van der Waals surface area contributed by atoms with Crippen molar-refractivity contribution < 1.29 is 13.7 Å². The molecule has 1 aromatic carbocycles. The molecule has 1 unspecified atom stereocenters. The number of carbonyl (C=O) groups excluding carboxylic acids is 1. The van der Waals surface area contributed by atoms with Gasteiger partial charge in [0.2, 0.25) is 5.91 Å². The zero-order valence-electron chi connectivity index (χ0n) is 20.7. The fourth-order valence-electron chi connectivity index (χ4n) is 4.25. The van der Waals surface area contributed by atoms with Gasteiger partial charge in [0.25, 0.3) is 0 Å². The number of hydrogen-bond acceptors (Lipinski definition) is 6. The van der Waals surface area contributed by atoms with E-state index in [0.717, 1.165) is 47.7 Å². The van der Waals surface area contributed by atoms with Crippen LogP contribution in [0.15, 0.2) is 41.6 Å². The Morgan fingerprint density at radius 3 is 2.47 bits per heavy atom. The molecule has 34 heavy (non-hydrogen) atoms. The zero-order chi connectivity index (χ0) is 24.5. The number of hydrogen-bond donors (Lipinski definition) is 2. The maximum absolute atomic E-state index is 13.0. The third-order valence-electron chi connectivity index (χ3n) is 6.25. The highest BCUT2D eigenvalue weighted by atomic mass is 32.2.